The summed E-state index contributed by atoms with van der Waals surface area (Å²) in [5.41, 5.74) is 0.757. The molecule has 0 bridgehead atoms. The van der Waals surface area contributed by atoms with Crippen LogP contribution in [0.15, 0.2) is 12.3 Å². The van der Waals surface area contributed by atoms with E-state index in [1.54, 1.807) is 0 Å². The average molecular weight is 127 g/mol. The predicted molar refractivity (Wildman–Crippen MR) is 37.4 cm³/mol. The summed E-state index contributed by atoms with van der Waals surface area (Å²) in [5, 5.41) is 11.4. The second kappa shape index (κ2) is 2.12. The van der Waals surface area contributed by atoms with Gasteiger partial charge in [-0.1, -0.05) is 0 Å². The van der Waals surface area contributed by atoms with Gasteiger partial charge in [0, 0.05) is 19.8 Å². The van der Waals surface area contributed by atoms with Crippen LogP contribution >= 0.6 is 0 Å². The standard InChI is InChI=1S/C7H13NO/c1-7(2)8(9)5-3-4-6-8/h1,3-6H2,2H3. The van der Waals surface area contributed by atoms with Gasteiger partial charge in [0.05, 0.1) is 18.8 Å². The van der Waals surface area contributed by atoms with E-state index in [1.807, 2.05) is 6.92 Å². The molecule has 1 saturated heterocycles. The van der Waals surface area contributed by atoms with Crippen molar-refractivity contribution in [2.24, 2.45) is 0 Å². The summed E-state index contributed by atoms with van der Waals surface area (Å²) in [4.78, 5) is 0. The van der Waals surface area contributed by atoms with E-state index in [-0.39, 0.29) is 4.65 Å². The van der Waals surface area contributed by atoms with E-state index >= 15 is 0 Å². The first-order valence-corrected chi connectivity index (χ1v) is 3.39. The van der Waals surface area contributed by atoms with Crippen LogP contribution in [0.2, 0.25) is 0 Å². The fraction of sp³-hybridized carbons (Fsp3) is 0.714. The molecule has 0 atom stereocenters. The predicted octanol–water partition coefficient (Wildman–Crippen LogP) is 1.63. The van der Waals surface area contributed by atoms with Gasteiger partial charge in [0.2, 0.25) is 0 Å². The molecule has 1 aliphatic rings. The first kappa shape index (κ1) is 6.78. The number of hydroxylamine groups is 3. The monoisotopic (exact) mass is 127 g/mol. The van der Waals surface area contributed by atoms with Crippen LogP contribution in [0.25, 0.3) is 0 Å². The van der Waals surface area contributed by atoms with Crippen LogP contribution in [0.5, 0.6) is 0 Å². The van der Waals surface area contributed by atoms with E-state index in [0.29, 0.717) is 0 Å². The second-order valence-electron chi connectivity index (χ2n) is 2.78. The van der Waals surface area contributed by atoms with Crippen molar-refractivity contribution in [1.82, 2.24) is 0 Å². The highest BCUT2D eigenvalue weighted by Crippen LogP contribution is 2.22. The molecule has 0 amide bonds. The highest BCUT2D eigenvalue weighted by molar-refractivity contribution is 4.79. The van der Waals surface area contributed by atoms with Crippen molar-refractivity contribution in [2.45, 2.75) is 19.8 Å². The Labute approximate surface area is 56.0 Å². The van der Waals surface area contributed by atoms with Crippen LogP contribution in [-0.2, 0) is 0 Å². The SMILES string of the molecule is C=C(C)[N+]1([O-])CCCC1. The summed E-state index contributed by atoms with van der Waals surface area (Å²) < 4.78 is -0.139. The van der Waals surface area contributed by atoms with Crippen LogP contribution < -0.4 is 0 Å². The summed E-state index contributed by atoms with van der Waals surface area (Å²) >= 11 is 0. The molecule has 52 valence electrons. The Morgan fingerprint density at radius 2 is 1.89 bits per heavy atom. The van der Waals surface area contributed by atoms with Crippen molar-refractivity contribution >= 4 is 0 Å². The third-order valence-corrected chi connectivity index (χ3v) is 1.98. The number of quaternary nitrogens is 1. The van der Waals surface area contributed by atoms with Crippen LogP contribution in [0.3, 0.4) is 0 Å². The number of allylic oxidation sites excluding steroid dienone is 1. The van der Waals surface area contributed by atoms with Gasteiger partial charge < -0.3 is 9.85 Å². The Morgan fingerprint density at radius 3 is 2.11 bits per heavy atom. The molecule has 9 heavy (non-hydrogen) atoms. The molecule has 1 rings (SSSR count). The van der Waals surface area contributed by atoms with Gasteiger partial charge in [-0.2, -0.15) is 0 Å². The molecule has 0 aromatic heterocycles. The van der Waals surface area contributed by atoms with E-state index < -0.39 is 0 Å². The number of hydrogen-bond donors (Lipinski definition) is 0. The van der Waals surface area contributed by atoms with Crippen molar-refractivity contribution in [3.63, 3.8) is 0 Å². The highest BCUT2D eigenvalue weighted by Gasteiger charge is 2.23. The van der Waals surface area contributed by atoms with Gasteiger partial charge in [-0.15, -0.1) is 0 Å². The van der Waals surface area contributed by atoms with E-state index in [2.05, 4.69) is 6.58 Å². The Balaban J connectivity index is 2.61. The molecule has 0 aliphatic carbocycles. The smallest absolute Gasteiger partial charge is 0.0983 e. The molecule has 0 aromatic rings. The van der Waals surface area contributed by atoms with Gasteiger partial charge >= 0.3 is 0 Å². The molecule has 1 aliphatic heterocycles. The number of likely N-dealkylation sites (tertiary alicyclic amines) is 1. The van der Waals surface area contributed by atoms with Gasteiger partial charge in [0.15, 0.2) is 0 Å². The van der Waals surface area contributed by atoms with Gasteiger partial charge in [-0.3, -0.25) is 0 Å². The minimum absolute atomic E-state index is 0.139. The lowest BCUT2D eigenvalue weighted by Gasteiger charge is -2.37. The zero-order valence-corrected chi connectivity index (χ0v) is 5.89. The summed E-state index contributed by atoms with van der Waals surface area (Å²) in [7, 11) is 0. The Hall–Kier alpha value is -0.340. The molecule has 2 nitrogen and oxygen atoms in total. The minimum atomic E-state index is -0.139. The van der Waals surface area contributed by atoms with E-state index in [1.165, 1.54) is 0 Å². The van der Waals surface area contributed by atoms with Gasteiger partial charge in [-0.05, 0) is 6.58 Å². The molecule has 0 N–H and O–H groups in total. The zero-order chi connectivity index (χ0) is 6.91. The van der Waals surface area contributed by atoms with Gasteiger partial charge in [-0.25, -0.2) is 0 Å². The Bertz CT molecular complexity index is 125. The average Bonchev–Trinajstić information content (AvgIpc) is 2.16. The quantitative estimate of drug-likeness (QED) is 0.388. The summed E-state index contributed by atoms with van der Waals surface area (Å²) in [6.07, 6.45) is 2.13. The van der Waals surface area contributed by atoms with Crippen LogP contribution in [0.1, 0.15) is 19.8 Å². The van der Waals surface area contributed by atoms with E-state index in [0.717, 1.165) is 31.6 Å². The molecule has 0 unspecified atom stereocenters. The molecule has 0 aromatic carbocycles. The Morgan fingerprint density at radius 1 is 1.44 bits per heavy atom. The van der Waals surface area contributed by atoms with Crippen LogP contribution in [-0.4, -0.2) is 17.7 Å². The molecule has 2 heteroatoms. The van der Waals surface area contributed by atoms with Crippen molar-refractivity contribution in [3.8, 4) is 0 Å². The zero-order valence-electron chi connectivity index (χ0n) is 5.89. The molecule has 1 heterocycles. The number of hydrogen-bond acceptors (Lipinski definition) is 1. The topological polar surface area (TPSA) is 23.1 Å². The van der Waals surface area contributed by atoms with E-state index in [4.69, 9.17) is 0 Å². The summed E-state index contributed by atoms with van der Waals surface area (Å²) in [6, 6.07) is 0. The summed E-state index contributed by atoms with van der Waals surface area (Å²) in [5.74, 6) is 0. The molecule has 1 fully saturated rings. The lowest BCUT2D eigenvalue weighted by molar-refractivity contribution is -0.829. The molecule has 0 spiro atoms. The fourth-order valence-electron chi connectivity index (χ4n) is 1.23. The molecule has 0 saturated carbocycles. The second-order valence-corrected chi connectivity index (χ2v) is 2.78. The first-order valence-electron chi connectivity index (χ1n) is 3.39. The Kier molecular flexibility index (Phi) is 1.60. The fourth-order valence-corrected chi connectivity index (χ4v) is 1.23. The number of nitrogens with zero attached hydrogens (tertiary/aromatic N) is 1. The van der Waals surface area contributed by atoms with E-state index in [9.17, 15) is 5.21 Å². The van der Waals surface area contributed by atoms with Gasteiger partial charge in [0.25, 0.3) is 0 Å². The third kappa shape index (κ3) is 1.14. The van der Waals surface area contributed by atoms with Crippen LogP contribution in [0, 0.1) is 5.21 Å². The van der Waals surface area contributed by atoms with Crippen molar-refractivity contribution < 1.29 is 4.65 Å². The molecular weight excluding hydrogens is 114 g/mol. The van der Waals surface area contributed by atoms with Gasteiger partial charge in [0.1, 0.15) is 0 Å². The van der Waals surface area contributed by atoms with Crippen molar-refractivity contribution in [2.75, 3.05) is 13.1 Å². The number of rotatable bonds is 1. The van der Waals surface area contributed by atoms with Crippen molar-refractivity contribution in [3.05, 3.63) is 17.5 Å². The van der Waals surface area contributed by atoms with Crippen molar-refractivity contribution in [1.29, 1.82) is 0 Å². The van der Waals surface area contributed by atoms with Crippen LogP contribution in [0.4, 0.5) is 0 Å². The third-order valence-electron chi connectivity index (χ3n) is 1.98. The maximum atomic E-state index is 11.4. The highest BCUT2D eigenvalue weighted by atomic mass is 16.5. The maximum absolute atomic E-state index is 11.4. The lowest BCUT2D eigenvalue weighted by Crippen LogP contribution is -2.35. The molecule has 0 radical (unpaired) electrons. The first-order chi connectivity index (χ1) is 4.15. The maximum Gasteiger partial charge on any atom is 0.0983 e. The lowest BCUT2D eigenvalue weighted by atomic mass is 10.4. The summed E-state index contributed by atoms with van der Waals surface area (Å²) in [6.45, 7) is 6.98. The minimum Gasteiger partial charge on any atom is -0.628 e. The normalized spacial score (nSPS) is 24.2. The largest absolute Gasteiger partial charge is 0.628 e. The molecular formula is C7H13NO.